The van der Waals surface area contributed by atoms with E-state index in [2.05, 4.69) is 20.3 Å². The Labute approximate surface area is 186 Å². The van der Waals surface area contributed by atoms with Gasteiger partial charge in [-0.15, -0.1) is 0 Å². The number of nitrogens with zero attached hydrogens (tertiary/aromatic N) is 4. The first-order valence-corrected chi connectivity index (χ1v) is 10.3. The molecular formula is C22H17F2N5O2S. The SMILES string of the molecule is Cc1nccn1-c1cc(Oc2ccc(NC(=O)c3ccccc3SC(F)F)cc2)ncn1. The number of amides is 1. The zero-order valence-electron chi connectivity index (χ0n) is 16.8. The molecule has 0 aliphatic rings. The van der Waals surface area contributed by atoms with Gasteiger partial charge >= 0.3 is 0 Å². The summed E-state index contributed by atoms with van der Waals surface area (Å²) in [4.78, 5) is 25.3. The second-order valence-electron chi connectivity index (χ2n) is 6.51. The fourth-order valence-corrected chi connectivity index (χ4v) is 3.55. The van der Waals surface area contributed by atoms with E-state index >= 15 is 0 Å². The highest BCUT2D eigenvalue weighted by Crippen LogP contribution is 2.29. The van der Waals surface area contributed by atoms with Crippen LogP contribution >= 0.6 is 11.8 Å². The Morgan fingerprint density at radius 2 is 1.88 bits per heavy atom. The van der Waals surface area contributed by atoms with Gasteiger partial charge in [0.05, 0.1) is 5.56 Å². The number of halogens is 2. The molecule has 2 heterocycles. The second-order valence-corrected chi connectivity index (χ2v) is 7.55. The van der Waals surface area contributed by atoms with Crippen LogP contribution in [0.25, 0.3) is 5.82 Å². The van der Waals surface area contributed by atoms with Crippen molar-refractivity contribution in [2.75, 3.05) is 5.32 Å². The Bertz CT molecular complexity index is 1230. The Hall–Kier alpha value is -3.79. The number of benzene rings is 2. The van der Waals surface area contributed by atoms with Crippen molar-refractivity contribution in [2.45, 2.75) is 17.6 Å². The average molecular weight is 453 g/mol. The summed E-state index contributed by atoms with van der Waals surface area (Å²) in [6.07, 6.45) is 4.86. The first-order valence-electron chi connectivity index (χ1n) is 9.45. The van der Waals surface area contributed by atoms with Crippen LogP contribution in [0.5, 0.6) is 11.6 Å². The number of nitrogens with one attached hydrogen (secondary N) is 1. The Kier molecular flexibility index (Phi) is 6.41. The smallest absolute Gasteiger partial charge is 0.288 e. The van der Waals surface area contributed by atoms with E-state index in [0.29, 0.717) is 34.9 Å². The van der Waals surface area contributed by atoms with Gasteiger partial charge in [-0.1, -0.05) is 23.9 Å². The van der Waals surface area contributed by atoms with Crippen molar-refractivity contribution in [2.24, 2.45) is 0 Å². The summed E-state index contributed by atoms with van der Waals surface area (Å²) < 4.78 is 33.1. The molecule has 0 bridgehead atoms. The van der Waals surface area contributed by atoms with E-state index in [-0.39, 0.29) is 10.5 Å². The van der Waals surface area contributed by atoms with E-state index in [1.807, 2.05) is 6.92 Å². The number of ether oxygens (including phenoxy) is 1. The molecule has 1 N–H and O–H groups in total. The molecule has 4 aromatic rings. The number of aryl methyl sites for hydroxylation is 1. The van der Waals surface area contributed by atoms with Gasteiger partial charge in [-0.2, -0.15) is 8.78 Å². The van der Waals surface area contributed by atoms with Gasteiger partial charge in [0.25, 0.3) is 11.7 Å². The quantitative estimate of drug-likeness (QED) is 0.381. The molecule has 32 heavy (non-hydrogen) atoms. The lowest BCUT2D eigenvalue weighted by Crippen LogP contribution is -2.13. The number of hydrogen-bond acceptors (Lipinski definition) is 6. The maximum atomic E-state index is 12.7. The number of thioether (sulfide) groups is 1. The van der Waals surface area contributed by atoms with Crippen molar-refractivity contribution in [3.8, 4) is 17.4 Å². The summed E-state index contributed by atoms with van der Waals surface area (Å²) in [7, 11) is 0. The van der Waals surface area contributed by atoms with Crippen molar-refractivity contribution < 1.29 is 18.3 Å². The third kappa shape index (κ3) is 5.09. The largest absolute Gasteiger partial charge is 0.439 e. The third-order valence-electron chi connectivity index (χ3n) is 4.38. The lowest BCUT2D eigenvalue weighted by molar-refractivity contribution is 0.102. The molecule has 0 aliphatic carbocycles. The lowest BCUT2D eigenvalue weighted by Gasteiger charge is -2.11. The molecule has 0 saturated heterocycles. The number of alkyl halides is 2. The van der Waals surface area contributed by atoms with E-state index in [9.17, 15) is 13.6 Å². The van der Waals surface area contributed by atoms with Crippen molar-refractivity contribution in [1.82, 2.24) is 19.5 Å². The highest BCUT2D eigenvalue weighted by molar-refractivity contribution is 7.99. The van der Waals surface area contributed by atoms with Crippen LogP contribution in [0.3, 0.4) is 0 Å². The predicted octanol–water partition coefficient (Wildman–Crippen LogP) is 5.33. The number of anilines is 1. The van der Waals surface area contributed by atoms with E-state index in [1.165, 1.54) is 18.5 Å². The summed E-state index contributed by atoms with van der Waals surface area (Å²) in [5.41, 5.74) is 0.679. The van der Waals surface area contributed by atoms with Crippen LogP contribution < -0.4 is 10.1 Å². The fraction of sp³-hybridized carbons (Fsp3) is 0.0909. The van der Waals surface area contributed by atoms with Gasteiger partial charge < -0.3 is 10.1 Å². The van der Waals surface area contributed by atoms with Gasteiger partial charge in [0, 0.05) is 29.0 Å². The van der Waals surface area contributed by atoms with Crippen LogP contribution in [-0.4, -0.2) is 31.2 Å². The summed E-state index contributed by atoms with van der Waals surface area (Å²) in [6.45, 7) is 1.86. The molecule has 0 atom stereocenters. The monoisotopic (exact) mass is 453 g/mol. The standard InChI is InChI=1S/C22H17F2N5O2S/c1-14-25-10-11-29(14)19-12-20(27-13-26-19)31-16-8-6-15(7-9-16)28-21(30)17-4-2-3-5-18(17)32-22(23)24/h2-13,22H,1H3,(H,28,30). The van der Waals surface area contributed by atoms with Gasteiger partial charge in [-0.25, -0.2) is 15.0 Å². The predicted molar refractivity (Wildman–Crippen MR) is 117 cm³/mol. The van der Waals surface area contributed by atoms with E-state index in [0.717, 1.165) is 5.82 Å². The van der Waals surface area contributed by atoms with Gasteiger partial charge in [-0.3, -0.25) is 9.36 Å². The number of carbonyl (C=O) groups is 1. The maximum Gasteiger partial charge on any atom is 0.288 e. The summed E-state index contributed by atoms with van der Waals surface area (Å²) in [5.74, 6) is -0.835. The minimum absolute atomic E-state index is 0.182. The lowest BCUT2D eigenvalue weighted by atomic mass is 10.2. The zero-order valence-corrected chi connectivity index (χ0v) is 17.6. The molecule has 7 nitrogen and oxygen atoms in total. The molecule has 0 unspecified atom stereocenters. The Balaban J connectivity index is 1.44. The molecular weight excluding hydrogens is 436 g/mol. The molecule has 0 fully saturated rings. The van der Waals surface area contributed by atoms with Crippen LogP contribution in [0.15, 0.2) is 78.2 Å². The summed E-state index contributed by atoms with van der Waals surface area (Å²) in [5, 5.41) is 2.71. The van der Waals surface area contributed by atoms with E-state index < -0.39 is 11.7 Å². The highest BCUT2D eigenvalue weighted by Gasteiger charge is 2.15. The molecule has 162 valence electrons. The maximum absolute atomic E-state index is 12.7. The van der Waals surface area contributed by atoms with Gasteiger partial charge in [0.1, 0.15) is 23.7 Å². The van der Waals surface area contributed by atoms with Crippen molar-refractivity contribution >= 4 is 23.4 Å². The zero-order chi connectivity index (χ0) is 22.5. The van der Waals surface area contributed by atoms with Crippen LogP contribution in [0.4, 0.5) is 14.5 Å². The third-order valence-corrected chi connectivity index (χ3v) is 5.17. The topological polar surface area (TPSA) is 81.9 Å². The second kappa shape index (κ2) is 9.56. The minimum Gasteiger partial charge on any atom is -0.439 e. The summed E-state index contributed by atoms with van der Waals surface area (Å²) >= 11 is 0.337. The Morgan fingerprint density at radius 3 is 2.59 bits per heavy atom. The average Bonchev–Trinajstić information content (AvgIpc) is 3.21. The van der Waals surface area contributed by atoms with E-state index in [1.54, 1.807) is 59.4 Å². The highest BCUT2D eigenvalue weighted by atomic mass is 32.2. The molecule has 4 rings (SSSR count). The number of imidazole rings is 1. The van der Waals surface area contributed by atoms with Gasteiger partial charge in [0.15, 0.2) is 0 Å². The van der Waals surface area contributed by atoms with Crippen molar-refractivity contribution in [3.05, 3.63) is 84.7 Å². The molecule has 0 radical (unpaired) electrons. The first-order chi connectivity index (χ1) is 15.5. The van der Waals surface area contributed by atoms with Crippen LogP contribution in [0.2, 0.25) is 0 Å². The molecule has 0 spiro atoms. The van der Waals surface area contributed by atoms with Gasteiger partial charge in [-0.05, 0) is 43.3 Å². The van der Waals surface area contributed by atoms with Gasteiger partial charge in [0.2, 0.25) is 5.88 Å². The Morgan fingerprint density at radius 1 is 1.09 bits per heavy atom. The van der Waals surface area contributed by atoms with Crippen molar-refractivity contribution in [1.29, 1.82) is 0 Å². The molecule has 0 saturated carbocycles. The number of hydrogen-bond donors (Lipinski definition) is 1. The fourth-order valence-electron chi connectivity index (χ4n) is 2.92. The van der Waals surface area contributed by atoms with Crippen LogP contribution in [0.1, 0.15) is 16.2 Å². The number of carbonyl (C=O) groups excluding carboxylic acids is 1. The number of rotatable bonds is 7. The summed E-state index contributed by atoms with van der Waals surface area (Å²) in [6, 6.07) is 14.6. The van der Waals surface area contributed by atoms with Crippen LogP contribution in [-0.2, 0) is 0 Å². The normalized spacial score (nSPS) is 10.9. The molecule has 2 aromatic heterocycles. The molecule has 2 aromatic carbocycles. The minimum atomic E-state index is -2.61. The molecule has 1 amide bonds. The molecule has 0 aliphatic heterocycles. The van der Waals surface area contributed by atoms with Crippen molar-refractivity contribution in [3.63, 3.8) is 0 Å². The number of aromatic nitrogens is 4. The van der Waals surface area contributed by atoms with E-state index in [4.69, 9.17) is 4.74 Å². The first kappa shape index (κ1) is 21.4. The van der Waals surface area contributed by atoms with Crippen LogP contribution in [0, 0.1) is 6.92 Å². The molecule has 10 heteroatoms.